The number of ether oxygens (including phenoxy) is 1. The van der Waals surface area contributed by atoms with Gasteiger partial charge in [-0.25, -0.2) is 14.5 Å². The van der Waals surface area contributed by atoms with Crippen LogP contribution in [0.3, 0.4) is 0 Å². The molecule has 98 valence electrons. The average molecular weight is 263 g/mol. The molecule has 0 amide bonds. The number of nitrogens with zero attached hydrogens (tertiary/aromatic N) is 2. The van der Waals surface area contributed by atoms with Crippen molar-refractivity contribution < 1.29 is 14.2 Å². The van der Waals surface area contributed by atoms with E-state index in [1.54, 1.807) is 24.5 Å². The summed E-state index contributed by atoms with van der Waals surface area (Å²) in [5.41, 5.74) is 2.82. The molecule has 1 aromatic carbocycles. The SMILES string of the molecule is O=[N+]([O-])Nc1ccc(F)cc1OCc1cccnc1. The standard InChI is InChI=1S/C12H10FN3O3/c13-10-3-4-11(15-16(17)18)12(6-10)19-8-9-2-1-5-14-7-9/h1-7,15H,8H2. The number of nitrogens with one attached hydrogen (secondary N) is 1. The first-order chi connectivity index (χ1) is 9.15. The van der Waals surface area contributed by atoms with Crippen molar-refractivity contribution in [2.45, 2.75) is 6.61 Å². The predicted octanol–water partition coefficient (Wildman–Crippen LogP) is 2.40. The van der Waals surface area contributed by atoms with Crippen molar-refractivity contribution in [2.24, 2.45) is 0 Å². The summed E-state index contributed by atoms with van der Waals surface area (Å²) in [7, 11) is 0. The maximum Gasteiger partial charge on any atom is 0.162 e. The van der Waals surface area contributed by atoms with Crippen molar-refractivity contribution >= 4 is 5.69 Å². The molecule has 6 nitrogen and oxygen atoms in total. The van der Waals surface area contributed by atoms with Crippen LogP contribution in [0.4, 0.5) is 10.1 Å². The van der Waals surface area contributed by atoms with Crippen LogP contribution < -0.4 is 10.2 Å². The highest BCUT2D eigenvalue weighted by Crippen LogP contribution is 2.26. The molecule has 0 fully saturated rings. The fourth-order valence-electron chi connectivity index (χ4n) is 1.45. The van der Waals surface area contributed by atoms with E-state index in [4.69, 9.17) is 4.74 Å². The van der Waals surface area contributed by atoms with E-state index < -0.39 is 10.8 Å². The van der Waals surface area contributed by atoms with Crippen LogP contribution in [-0.2, 0) is 6.61 Å². The number of hydrogen-bond donors (Lipinski definition) is 1. The first-order valence-corrected chi connectivity index (χ1v) is 5.37. The van der Waals surface area contributed by atoms with Crippen LogP contribution in [0.15, 0.2) is 42.7 Å². The van der Waals surface area contributed by atoms with Crippen LogP contribution in [0.1, 0.15) is 5.56 Å². The number of benzene rings is 1. The zero-order valence-electron chi connectivity index (χ0n) is 9.75. The van der Waals surface area contributed by atoms with Gasteiger partial charge in [0.05, 0.1) is 0 Å². The van der Waals surface area contributed by atoms with Crippen LogP contribution in [0, 0.1) is 15.9 Å². The van der Waals surface area contributed by atoms with Crippen molar-refractivity contribution in [1.29, 1.82) is 0 Å². The Morgan fingerprint density at radius 2 is 2.26 bits per heavy atom. The Balaban J connectivity index is 2.14. The maximum atomic E-state index is 13.1. The molecule has 2 rings (SSSR count). The molecule has 0 atom stereocenters. The number of halogens is 1. The molecule has 0 spiro atoms. The zero-order valence-corrected chi connectivity index (χ0v) is 9.75. The Hall–Kier alpha value is -2.70. The molecular formula is C12H10FN3O3. The Morgan fingerprint density at radius 3 is 2.95 bits per heavy atom. The third kappa shape index (κ3) is 3.63. The van der Waals surface area contributed by atoms with Gasteiger partial charge in [0, 0.05) is 24.0 Å². The second kappa shape index (κ2) is 5.76. The van der Waals surface area contributed by atoms with Crippen LogP contribution in [0.2, 0.25) is 0 Å². The quantitative estimate of drug-likeness (QED) is 0.662. The van der Waals surface area contributed by atoms with Gasteiger partial charge in [0.15, 0.2) is 10.8 Å². The molecule has 0 radical (unpaired) electrons. The Labute approximate surface area is 108 Å². The minimum atomic E-state index is -0.732. The van der Waals surface area contributed by atoms with Crippen LogP contribution in [-0.4, -0.2) is 10.0 Å². The van der Waals surface area contributed by atoms with Crippen molar-refractivity contribution in [1.82, 2.24) is 4.98 Å². The molecule has 0 unspecified atom stereocenters. The lowest BCUT2D eigenvalue weighted by molar-refractivity contribution is -0.445. The zero-order chi connectivity index (χ0) is 13.7. The Bertz CT molecular complexity index is 578. The monoisotopic (exact) mass is 263 g/mol. The predicted molar refractivity (Wildman–Crippen MR) is 65.6 cm³/mol. The summed E-state index contributed by atoms with van der Waals surface area (Å²) in [5, 5.41) is 9.68. The lowest BCUT2D eigenvalue weighted by atomic mass is 10.3. The van der Waals surface area contributed by atoms with E-state index >= 15 is 0 Å². The fourth-order valence-corrected chi connectivity index (χ4v) is 1.45. The number of anilines is 1. The topological polar surface area (TPSA) is 77.3 Å². The number of nitro groups is 1. The highest BCUT2D eigenvalue weighted by atomic mass is 19.1. The summed E-state index contributed by atoms with van der Waals surface area (Å²) < 4.78 is 18.5. The normalized spacial score (nSPS) is 9.95. The molecule has 0 saturated carbocycles. The Kier molecular flexibility index (Phi) is 3.87. The number of hydrazine groups is 1. The van der Waals surface area contributed by atoms with Gasteiger partial charge in [0.25, 0.3) is 0 Å². The van der Waals surface area contributed by atoms with E-state index in [-0.39, 0.29) is 18.0 Å². The number of hydrogen-bond acceptors (Lipinski definition) is 4. The van der Waals surface area contributed by atoms with E-state index in [9.17, 15) is 14.5 Å². The van der Waals surface area contributed by atoms with Gasteiger partial charge in [-0.05, 0) is 18.2 Å². The highest BCUT2D eigenvalue weighted by Gasteiger charge is 2.10. The molecule has 19 heavy (non-hydrogen) atoms. The first kappa shape index (κ1) is 12.7. The molecule has 1 heterocycles. The summed E-state index contributed by atoms with van der Waals surface area (Å²) in [5.74, 6) is -0.462. The molecule has 0 aliphatic carbocycles. The van der Waals surface area contributed by atoms with Gasteiger partial charge in [-0.3, -0.25) is 4.98 Å². The third-order valence-corrected chi connectivity index (χ3v) is 2.27. The van der Waals surface area contributed by atoms with Gasteiger partial charge in [-0.2, -0.15) is 0 Å². The van der Waals surface area contributed by atoms with E-state index in [1.807, 2.05) is 5.43 Å². The highest BCUT2D eigenvalue weighted by molar-refractivity contribution is 5.54. The molecule has 1 N–H and O–H groups in total. The third-order valence-electron chi connectivity index (χ3n) is 2.27. The molecule has 0 aliphatic rings. The van der Waals surface area contributed by atoms with E-state index in [2.05, 4.69) is 4.98 Å². The van der Waals surface area contributed by atoms with Crippen LogP contribution in [0.5, 0.6) is 5.75 Å². The second-order valence-electron chi connectivity index (χ2n) is 3.66. The van der Waals surface area contributed by atoms with Crippen molar-refractivity contribution in [2.75, 3.05) is 5.43 Å². The van der Waals surface area contributed by atoms with Crippen molar-refractivity contribution in [3.05, 3.63) is 64.2 Å². The van der Waals surface area contributed by atoms with Gasteiger partial charge < -0.3 is 4.74 Å². The van der Waals surface area contributed by atoms with E-state index in [0.29, 0.717) is 0 Å². The summed E-state index contributed by atoms with van der Waals surface area (Å²) >= 11 is 0. The minimum Gasteiger partial charge on any atom is -0.486 e. The van der Waals surface area contributed by atoms with Crippen molar-refractivity contribution in [3.8, 4) is 5.75 Å². The largest absolute Gasteiger partial charge is 0.486 e. The summed E-state index contributed by atoms with van der Waals surface area (Å²) in [6.45, 7) is 0.143. The fraction of sp³-hybridized carbons (Fsp3) is 0.0833. The van der Waals surface area contributed by atoms with E-state index in [0.717, 1.165) is 17.7 Å². The first-order valence-electron chi connectivity index (χ1n) is 5.37. The summed E-state index contributed by atoms with van der Waals surface area (Å²) in [4.78, 5) is 14.3. The van der Waals surface area contributed by atoms with Crippen LogP contribution >= 0.6 is 0 Å². The van der Waals surface area contributed by atoms with Gasteiger partial charge in [0.1, 0.15) is 18.1 Å². The van der Waals surface area contributed by atoms with Gasteiger partial charge in [-0.1, -0.05) is 6.07 Å². The summed E-state index contributed by atoms with van der Waals surface area (Å²) in [6, 6.07) is 6.97. The Morgan fingerprint density at radius 1 is 1.42 bits per heavy atom. The molecule has 0 aliphatic heterocycles. The molecular weight excluding hydrogens is 253 g/mol. The minimum absolute atomic E-state index is 0.0700. The average Bonchev–Trinajstić information content (AvgIpc) is 2.40. The second-order valence-corrected chi connectivity index (χ2v) is 3.66. The smallest absolute Gasteiger partial charge is 0.162 e. The van der Waals surface area contributed by atoms with Crippen molar-refractivity contribution in [3.63, 3.8) is 0 Å². The lowest BCUT2D eigenvalue weighted by Gasteiger charge is -2.09. The van der Waals surface area contributed by atoms with Crippen LogP contribution in [0.25, 0.3) is 0 Å². The molecule has 7 heteroatoms. The molecule has 0 bridgehead atoms. The van der Waals surface area contributed by atoms with Gasteiger partial charge in [-0.15, -0.1) is 5.43 Å². The van der Waals surface area contributed by atoms with Gasteiger partial charge in [0.2, 0.25) is 0 Å². The molecule has 1 aromatic heterocycles. The molecule has 2 aromatic rings. The molecule has 0 saturated heterocycles. The lowest BCUT2D eigenvalue weighted by Crippen LogP contribution is -2.09. The maximum absolute atomic E-state index is 13.1. The number of pyridine rings is 1. The van der Waals surface area contributed by atoms with E-state index in [1.165, 1.54) is 6.07 Å². The number of aromatic nitrogens is 1. The number of rotatable bonds is 5. The summed E-state index contributed by atoms with van der Waals surface area (Å²) in [6.07, 6.45) is 3.21. The van der Waals surface area contributed by atoms with Gasteiger partial charge >= 0.3 is 0 Å².